The Hall–Kier alpha value is -1.10. The van der Waals surface area contributed by atoms with Gasteiger partial charge in [-0.05, 0) is 38.5 Å². The lowest BCUT2D eigenvalue weighted by Gasteiger charge is -2.18. The van der Waals surface area contributed by atoms with E-state index in [0.717, 1.165) is 12.8 Å². The van der Waals surface area contributed by atoms with E-state index in [1.54, 1.807) is 0 Å². The van der Waals surface area contributed by atoms with Crippen LogP contribution in [0.4, 0.5) is 0 Å². The highest BCUT2D eigenvalue weighted by Gasteiger charge is 2.34. The average molecular weight is 257 g/mol. The Bertz CT molecular complexity index is 303. The first-order valence-corrected chi connectivity index (χ1v) is 6.58. The van der Waals surface area contributed by atoms with Crippen LogP contribution < -0.4 is 5.32 Å². The van der Waals surface area contributed by atoms with E-state index in [2.05, 4.69) is 19.2 Å². The minimum absolute atomic E-state index is 0.104. The molecule has 5 nitrogen and oxygen atoms in total. The van der Waals surface area contributed by atoms with E-state index in [1.807, 2.05) is 6.92 Å². The van der Waals surface area contributed by atoms with Gasteiger partial charge in [-0.15, -0.1) is 0 Å². The molecule has 1 aliphatic rings. The normalized spacial score (nSPS) is 25.1. The molecular weight excluding hydrogens is 234 g/mol. The number of nitrogens with one attached hydrogen (secondary N) is 1. The van der Waals surface area contributed by atoms with Crippen LogP contribution in [0.15, 0.2) is 0 Å². The van der Waals surface area contributed by atoms with Crippen molar-refractivity contribution in [3.05, 3.63) is 0 Å². The number of carbonyl (C=O) groups excluding carboxylic acids is 1. The van der Waals surface area contributed by atoms with Crippen molar-refractivity contribution in [2.45, 2.75) is 64.7 Å². The number of carboxylic acids is 1. The van der Waals surface area contributed by atoms with Gasteiger partial charge in [-0.25, -0.2) is 4.79 Å². The van der Waals surface area contributed by atoms with Crippen molar-refractivity contribution in [1.82, 2.24) is 5.32 Å². The van der Waals surface area contributed by atoms with Crippen LogP contribution in [0.25, 0.3) is 0 Å². The molecule has 0 aliphatic carbocycles. The van der Waals surface area contributed by atoms with Gasteiger partial charge in [-0.3, -0.25) is 4.79 Å². The molecule has 0 aromatic carbocycles. The van der Waals surface area contributed by atoms with E-state index in [0.29, 0.717) is 18.8 Å². The molecule has 0 aromatic rings. The lowest BCUT2D eigenvalue weighted by Crippen LogP contribution is -2.40. The summed E-state index contributed by atoms with van der Waals surface area (Å²) in [7, 11) is 0. The van der Waals surface area contributed by atoms with Gasteiger partial charge in [-0.1, -0.05) is 13.8 Å². The predicted octanol–water partition coefficient (Wildman–Crippen LogP) is 1.56. The number of hydrogen-bond donors (Lipinski definition) is 2. The quantitative estimate of drug-likeness (QED) is 0.757. The molecule has 18 heavy (non-hydrogen) atoms. The summed E-state index contributed by atoms with van der Waals surface area (Å²) in [4.78, 5) is 22.6. The number of carbonyl (C=O) groups is 2. The van der Waals surface area contributed by atoms with E-state index in [9.17, 15) is 9.59 Å². The Kier molecular flexibility index (Phi) is 5.59. The summed E-state index contributed by atoms with van der Waals surface area (Å²) in [5.74, 6) is -0.559. The number of hydrogen-bond acceptors (Lipinski definition) is 3. The van der Waals surface area contributed by atoms with Gasteiger partial charge in [0, 0.05) is 6.04 Å². The third kappa shape index (κ3) is 4.64. The van der Waals surface area contributed by atoms with Gasteiger partial charge in [0.2, 0.25) is 5.91 Å². The third-order valence-electron chi connectivity index (χ3n) is 3.15. The van der Waals surface area contributed by atoms with Gasteiger partial charge in [0.15, 0.2) is 6.10 Å². The second kappa shape index (κ2) is 6.73. The van der Waals surface area contributed by atoms with Gasteiger partial charge in [0.05, 0.1) is 0 Å². The summed E-state index contributed by atoms with van der Waals surface area (Å²) in [6.45, 7) is 6.25. The van der Waals surface area contributed by atoms with Crippen molar-refractivity contribution in [3.63, 3.8) is 0 Å². The number of aliphatic carboxylic acids is 1. The standard InChI is InChI=1S/C13H23NO4/c1-8(2)4-5-9(3)14-12(15)10-6-7-11(18-10)13(16)17/h8-11H,4-7H2,1-3H3,(H,14,15)(H,16,17). The van der Waals surface area contributed by atoms with E-state index < -0.39 is 18.2 Å². The summed E-state index contributed by atoms with van der Waals surface area (Å²) in [6.07, 6.45) is 1.45. The fourth-order valence-corrected chi connectivity index (χ4v) is 2.00. The van der Waals surface area contributed by atoms with Gasteiger partial charge >= 0.3 is 5.97 Å². The van der Waals surface area contributed by atoms with Crippen molar-refractivity contribution >= 4 is 11.9 Å². The van der Waals surface area contributed by atoms with Gasteiger partial charge in [-0.2, -0.15) is 0 Å². The van der Waals surface area contributed by atoms with Crippen molar-refractivity contribution in [3.8, 4) is 0 Å². The molecule has 3 unspecified atom stereocenters. The molecule has 0 saturated carbocycles. The second-order valence-electron chi connectivity index (χ2n) is 5.41. The molecule has 0 bridgehead atoms. The molecule has 1 amide bonds. The fraction of sp³-hybridized carbons (Fsp3) is 0.846. The van der Waals surface area contributed by atoms with E-state index in [4.69, 9.17) is 9.84 Å². The molecule has 2 N–H and O–H groups in total. The first-order chi connectivity index (χ1) is 8.40. The minimum Gasteiger partial charge on any atom is -0.479 e. The van der Waals surface area contributed by atoms with E-state index in [1.165, 1.54) is 0 Å². The molecule has 0 aromatic heterocycles. The van der Waals surface area contributed by atoms with Gasteiger partial charge in [0.1, 0.15) is 6.10 Å². The number of carboxylic acid groups (broad SMARTS) is 1. The Labute approximate surface area is 108 Å². The van der Waals surface area contributed by atoms with Crippen molar-refractivity contribution in [1.29, 1.82) is 0 Å². The molecule has 1 rings (SSSR count). The van der Waals surface area contributed by atoms with Crippen molar-refractivity contribution in [2.24, 2.45) is 5.92 Å². The molecule has 5 heteroatoms. The van der Waals surface area contributed by atoms with Crippen LogP contribution in [0.5, 0.6) is 0 Å². The molecule has 0 spiro atoms. The smallest absolute Gasteiger partial charge is 0.332 e. The SMILES string of the molecule is CC(C)CCC(C)NC(=O)C1CCC(C(=O)O)O1. The maximum atomic E-state index is 11.8. The highest BCUT2D eigenvalue weighted by Crippen LogP contribution is 2.20. The maximum Gasteiger partial charge on any atom is 0.332 e. The highest BCUT2D eigenvalue weighted by molar-refractivity contribution is 5.82. The van der Waals surface area contributed by atoms with Gasteiger partial charge < -0.3 is 15.2 Å². The Morgan fingerprint density at radius 1 is 1.22 bits per heavy atom. The maximum absolute atomic E-state index is 11.8. The molecule has 3 atom stereocenters. The first-order valence-electron chi connectivity index (χ1n) is 6.58. The lowest BCUT2D eigenvalue weighted by atomic mass is 10.0. The van der Waals surface area contributed by atoms with E-state index in [-0.39, 0.29) is 11.9 Å². The molecule has 104 valence electrons. The number of ether oxygens (including phenoxy) is 1. The summed E-state index contributed by atoms with van der Waals surface area (Å²) in [5, 5.41) is 11.7. The summed E-state index contributed by atoms with van der Waals surface area (Å²) in [6, 6.07) is 0.104. The third-order valence-corrected chi connectivity index (χ3v) is 3.15. The van der Waals surface area contributed by atoms with E-state index >= 15 is 0 Å². The average Bonchev–Trinajstić information content (AvgIpc) is 2.75. The van der Waals surface area contributed by atoms with Crippen molar-refractivity contribution in [2.75, 3.05) is 0 Å². The summed E-state index contributed by atoms with van der Waals surface area (Å²) >= 11 is 0. The van der Waals surface area contributed by atoms with Crippen LogP contribution in [0, 0.1) is 5.92 Å². The zero-order chi connectivity index (χ0) is 13.7. The van der Waals surface area contributed by atoms with Crippen LogP contribution in [-0.2, 0) is 14.3 Å². The van der Waals surface area contributed by atoms with Crippen LogP contribution in [0.3, 0.4) is 0 Å². The molecule has 1 aliphatic heterocycles. The Morgan fingerprint density at radius 3 is 2.33 bits per heavy atom. The van der Waals surface area contributed by atoms with Crippen LogP contribution in [0.1, 0.15) is 46.5 Å². The van der Waals surface area contributed by atoms with Gasteiger partial charge in [0.25, 0.3) is 0 Å². The highest BCUT2D eigenvalue weighted by atomic mass is 16.5. The Morgan fingerprint density at radius 2 is 1.83 bits per heavy atom. The zero-order valence-electron chi connectivity index (χ0n) is 11.3. The predicted molar refractivity (Wildman–Crippen MR) is 67.2 cm³/mol. The zero-order valence-corrected chi connectivity index (χ0v) is 11.3. The summed E-state index contributed by atoms with van der Waals surface area (Å²) < 4.78 is 5.20. The molecule has 1 saturated heterocycles. The number of rotatable bonds is 6. The van der Waals surface area contributed by atoms with Crippen LogP contribution >= 0.6 is 0 Å². The largest absolute Gasteiger partial charge is 0.479 e. The topological polar surface area (TPSA) is 75.6 Å². The van der Waals surface area contributed by atoms with Crippen LogP contribution in [0.2, 0.25) is 0 Å². The number of amides is 1. The molecular formula is C13H23NO4. The fourth-order valence-electron chi connectivity index (χ4n) is 2.00. The van der Waals surface area contributed by atoms with Crippen molar-refractivity contribution < 1.29 is 19.4 Å². The molecule has 1 fully saturated rings. The Balaban J connectivity index is 2.31. The lowest BCUT2D eigenvalue weighted by molar-refractivity contribution is -0.151. The minimum atomic E-state index is -0.988. The first kappa shape index (κ1) is 15.0. The van der Waals surface area contributed by atoms with Crippen LogP contribution in [-0.4, -0.2) is 35.2 Å². The summed E-state index contributed by atoms with van der Waals surface area (Å²) in [5.41, 5.74) is 0. The monoisotopic (exact) mass is 257 g/mol. The second-order valence-corrected chi connectivity index (χ2v) is 5.41. The molecule has 1 heterocycles. The molecule has 0 radical (unpaired) electrons.